The SMILES string of the molecule is CC(C)(C)c1ccc(C#N)cc1C#N. The van der Waals surface area contributed by atoms with E-state index in [1.807, 2.05) is 12.1 Å². The maximum atomic E-state index is 8.94. The predicted octanol–water partition coefficient (Wildman–Crippen LogP) is 2.73. The van der Waals surface area contributed by atoms with Gasteiger partial charge in [0.2, 0.25) is 0 Å². The molecule has 70 valence electrons. The Labute approximate surface area is 84.4 Å². The van der Waals surface area contributed by atoms with Crippen molar-refractivity contribution in [3.8, 4) is 12.1 Å². The van der Waals surface area contributed by atoms with Crippen molar-refractivity contribution in [1.29, 1.82) is 10.5 Å². The van der Waals surface area contributed by atoms with Crippen LogP contribution in [0, 0.1) is 22.7 Å². The zero-order chi connectivity index (χ0) is 10.8. The molecule has 0 N–H and O–H groups in total. The highest BCUT2D eigenvalue weighted by Crippen LogP contribution is 2.25. The maximum Gasteiger partial charge on any atom is 0.0995 e. The second kappa shape index (κ2) is 3.52. The van der Waals surface area contributed by atoms with Gasteiger partial charge in [0.15, 0.2) is 0 Å². The van der Waals surface area contributed by atoms with Gasteiger partial charge in [-0.25, -0.2) is 0 Å². The molecule has 0 bridgehead atoms. The summed E-state index contributed by atoms with van der Waals surface area (Å²) in [4.78, 5) is 0. The van der Waals surface area contributed by atoms with Crippen molar-refractivity contribution in [2.75, 3.05) is 0 Å². The minimum atomic E-state index is -0.0565. The third kappa shape index (κ3) is 1.92. The van der Waals surface area contributed by atoms with Crippen LogP contribution in [0.3, 0.4) is 0 Å². The smallest absolute Gasteiger partial charge is 0.0995 e. The normalized spacial score (nSPS) is 10.4. The first-order valence-electron chi connectivity index (χ1n) is 4.44. The molecule has 1 aromatic rings. The van der Waals surface area contributed by atoms with E-state index in [0.29, 0.717) is 11.1 Å². The van der Waals surface area contributed by atoms with Gasteiger partial charge in [-0.05, 0) is 23.1 Å². The van der Waals surface area contributed by atoms with E-state index in [4.69, 9.17) is 10.5 Å². The van der Waals surface area contributed by atoms with Gasteiger partial charge < -0.3 is 0 Å². The average Bonchev–Trinajstić information content (AvgIpc) is 2.15. The Morgan fingerprint density at radius 2 is 1.71 bits per heavy atom. The molecule has 0 unspecified atom stereocenters. The summed E-state index contributed by atoms with van der Waals surface area (Å²) in [5, 5.41) is 17.6. The highest BCUT2D eigenvalue weighted by Gasteiger charge is 2.17. The lowest BCUT2D eigenvalue weighted by Crippen LogP contribution is -2.13. The summed E-state index contributed by atoms with van der Waals surface area (Å²) in [7, 11) is 0. The number of hydrogen-bond acceptors (Lipinski definition) is 2. The molecule has 1 aromatic carbocycles. The van der Waals surface area contributed by atoms with Crippen LogP contribution in [0.1, 0.15) is 37.5 Å². The number of hydrogen-bond donors (Lipinski definition) is 0. The minimum Gasteiger partial charge on any atom is -0.192 e. The molecular formula is C12H12N2. The van der Waals surface area contributed by atoms with E-state index in [9.17, 15) is 0 Å². The van der Waals surface area contributed by atoms with Crippen molar-refractivity contribution in [3.63, 3.8) is 0 Å². The summed E-state index contributed by atoms with van der Waals surface area (Å²) in [6.45, 7) is 6.15. The molecule has 0 fully saturated rings. The molecule has 2 heteroatoms. The van der Waals surface area contributed by atoms with E-state index in [-0.39, 0.29) is 5.41 Å². The van der Waals surface area contributed by atoms with Crippen LogP contribution in [0.2, 0.25) is 0 Å². The Balaban J connectivity index is 3.37. The first-order chi connectivity index (χ1) is 6.49. The van der Waals surface area contributed by atoms with E-state index < -0.39 is 0 Å². The van der Waals surface area contributed by atoms with Gasteiger partial charge in [0.1, 0.15) is 0 Å². The molecule has 0 amide bonds. The molecule has 0 aliphatic carbocycles. The summed E-state index contributed by atoms with van der Waals surface area (Å²) in [5.74, 6) is 0. The zero-order valence-electron chi connectivity index (χ0n) is 8.63. The largest absolute Gasteiger partial charge is 0.192 e. The first kappa shape index (κ1) is 10.3. The van der Waals surface area contributed by atoms with Crippen LogP contribution in [0.25, 0.3) is 0 Å². The summed E-state index contributed by atoms with van der Waals surface area (Å²) in [5.41, 5.74) is 2.06. The van der Waals surface area contributed by atoms with Crippen LogP contribution < -0.4 is 0 Å². The molecule has 0 aromatic heterocycles. The Morgan fingerprint density at radius 3 is 2.14 bits per heavy atom. The van der Waals surface area contributed by atoms with E-state index in [1.165, 1.54) is 0 Å². The van der Waals surface area contributed by atoms with Gasteiger partial charge in [-0.1, -0.05) is 26.8 Å². The molecule has 0 saturated carbocycles. The first-order valence-corrected chi connectivity index (χ1v) is 4.44. The van der Waals surface area contributed by atoms with Crippen LogP contribution in [-0.4, -0.2) is 0 Å². The molecular weight excluding hydrogens is 172 g/mol. The Hall–Kier alpha value is -1.80. The van der Waals surface area contributed by atoms with E-state index in [0.717, 1.165) is 5.56 Å². The Kier molecular flexibility index (Phi) is 2.58. The van der Waals surface area contributed by atoms with E-state index >= 15 is 0 Å². The van der Waals surface area contributed by atoms with Crippen molar-refractivity contribution >= 4 is 0 Å². The minimum absolute atomic E-state index is 0.0565. The van der Waals surface area contributed by atoms with Gasteiger partial charge in [-0.15, -0.1) is 0 Å². The average molecular weight is 184 g/mol. The number of nitriles is 2. The molecule has 1 rings (SSSR count). The fourth-order valence-corrected chi connectivity index (χ4v) is 1.36. The maximum absolute atomic E-state index is 8.94. The molecule has 0 saturated heterocycles. The van der Waals surface area contributed by atoms with Crippen LogP contribution in [0.5, 0.6) is 0 Å². The van der Waals surface area contributed by atoms with Crippen molar-refractivity contribution in [2.24, 2.45) is 0 Å². The van der Waals surface area contributed by atoms with Crippen molar-refractivity contribution in [2.45, 2.75) is 26.2 Å². The number of nitrogens with zero attached hydrogens (tertiary/aromatic N) is 2. The summed E-state index contributed by atoms with van der Waals surface area (Å²) < 4.78 is 0. The molecule has 0 radical (unpaired) electrons. The summed E-state index contributed by atoms with van der Waals surface area (Å²) >= 11 is 0. The number of rotatable bonds is 0. The summed E-state index contributed by atoms with van der Waals surface area (Å²) in [6.07, 6.45) is 0. The lowest BCUT2D eigenvalue weighted by molar-refractivity contribution is 0.588. The Bertz CT molecular complexity index is 425. The van der Waals surface area contributed by atoms with Gasteiger partial charge >= 0.3 is 0 Å². The second-order valence-corrected chi connectivity index (χ2v) is 4.23. The predicted molar refractivity (Wildman–Crippen MR) is 54.6 cm³/mol. The fourth-order valence-electron chi connectivity index (χ4n) is 1.36. The third-order valence-electron chi connectivity index (χ3n) is 2.08. The Morgan fingerprint density at radius 1 is 1.07 bits per heavy atom. The molecule has 0 aliphatic heterocycles. The van der Waals surface area contributed by atoms with Gasteiger partial charge in [0.05, 0.1) is 23.3 Å². The van der Waals surface area contributed by atoms with Crippen LogP contribution in [0.4, 0.5) is 0 Å². The highest BCUT2D eigenvalue weighted by molar-refractivity contribution is 5.47. The monoisotopic (exact) mass is 184 g/mol. The van der Waals surface area contributed by atoms with Crippen molar-refractivity contribution < 1.29 is 0 Å². The van der Waals surface area contributed by atoms with Gasteiger partial charge in [0, 0.05) is 0 Å². The van der Waals surface area contributed by atoms with Crippen molar-refractivity contribution in [3.05, 3.63) is 34.9 Å². The number of benzene rings is 1. The van der Waals surface area contributed by atoms with Crippen LogP contribution in [-0.2, 0) is 5.41 Å². The van der Waals surface area contributed by atoms with Gasteiger partial charge in [-0.2, -0.15) is 10.5 Å². The molecule has 0 heterocycles. The molecule has 14 heavy (non-hydrogen) atoms. The zero-order valence-corrected chi connectivity index (χ0v) is 8.63. The topological polar surface area (TPSA) is 47.6 Å². The van der Waals surface area contributed by atoms with E-state index in [2.05, 4.69) is 26.8 Å². The molecule has 2 nitrogen and oxygen atoms in total. The highest BCUT2D eigenvalue weighted by atomic mass is 14.3. The van der Waals surface area contributed by atoms with Crippen LogP contribution in [0.15, 0.2) is 18.2 Å². The molecule has 0 spiro atoms. The quantitative estimate of drug-likeness (QED) is 0.622. The lowest BCUT2D eigenvalue weighted by Gasteiger charge is -2.20. The standard InChI is InChI=1S/C12H12N2/c1-12(2,3)11-5-4-9(7-13)6-10(11)8-14/h4-6H,1-3H3. The van der Waals surface area contributed by atoms with E-state index in [1.54, 1.807) is 12.1 Å². The van der Waals surface area contributed by atoms with Gasteiger partial charge in [-0.3, -0.25) is 0 Å². The van der Waals surface area contributed by atoms with Crippen molar-refractivity contribution in [1.82, 2.24) is 0 Å². The lowest BCUT2D eigenvalue weighted by atomic mass is 9.83. The van der Waals surface area contributed by atoms with Gasteiger partial charge in [0.25, 0.3) is 0 Å². The molecule has 0 atom stereocenters. The van der Waals surface area contributed by atoms with Crippen LogP contribution >= 0.6 is 0 Å². The third-order valence-corrected chi connectivity index (χ3v) is 2.08. The summed E-state index contributed by atoms with van der Waals surface area (Å²) in [6, 6.07) is 9.40. The fraction of sp³-hybridized carbons (Fsp3) is 0.333. The molecule has 0 aliphatic rings. The second-order valence-electron chi connectivity index (χ2n) is 4.23.